The second-order valence-corrected chi connectivity index (χ2v) is 6.07. The molecule has 0 amide bonds. The van der Waals surface area contributed by atoms with Crippen LogP contribution in [0.2, 0.25) is 0 Å². The Kier molecular flexibility index (Phi) is 4.48. The smallest absolute Gasteiger partial charge is 0.136 e. The highest BCUT2D eigenvalue weighted by Gasteiger charge is 2.34. The number of ether oxygens (including phenoxy) is 1. The molecule has 2 heterocycles. The van der Waals surface area contributed by atoms with Crippen LogP contribution in [0.4, 0.5) is 0 Å². The summed E-state index contributed by atoms with van der Waals surface area (Å²) in [7, 11) is 0. The molecule has 2 bridgehead atoms. The summed E-state index contributed by atoms with van der Waals surface area (Å²) in [5, 5.41) is 3.54. The van der Waals surface area contributed by atoms with Gasteiger partial charge in [-0.1, -0.05) is 30.3 Å². The Morgan fingerprint density at radius 1 is 1.15 bits per heavy atom. The fourth-order valence-electron chi connectivity index (χ4n) is 3.42. The Bertz CT molecular complexity index is 434. The molecule has 0 aromatic heterocycles. The van der Waals surface area contributed by atoms with Gasteiger partial charge in [0, 0.05) is 24.4 Å². The molecule has 2 fully saturated rings. The third-order valence-electron chi connectivity index (χ3n) is 4.43. The third kappa shape index (κ3) is 3.47. The van der Waals surface area contributed by atoms with Crippen LogP contribution in [0.1, 0.15) is 31.2 Å². The van der Waals surface area contributed by atoms with E-state index in [1.807, 2.05) is 6.07 Å². The molecule has 0 spiro atoms. The highest BCUT2D eigenvalue weighted by atomic mass is 16.5. The maximum atomic E-state index is 12.4. The van der Waals surface area contributed by atoms with Gasteiger partial charge in [-0.3, -0.25) is 4.79 Å². The number of rotatable bonds is 5. The minimum atomic E-state index is 0.255. The molecule has 1 aromatic rings. The van der Waals surface area contributed by atoms with Crippen LogP contribution in [-0.4, -0.2) is 31.1 Å². The monoisotopic (exact) mass is 273 g/mol. The van der Waals surface area contributed by atoms with Crippen molar-refractivity contribution in [3.8, 4) is 0 Å². The van der Waals surface area contributed by atoms with E-state index in [9.17, 15) is 4.79 Å². The SMILES string of the molecule is O=C(CCCc1ccccc1)C1CC2COCC(C1)N2. The Morgan fingerprint density at radius 2 is 1.85 bits per heavy atom. The number of aryl methyl sites for hydroxylation is 1. The van der Waals surface area contributed by atoms with Crippen LogP contribution in [0.5, 0.6) is 0 Å². The van der Waals surface area contributed by atoms with Gasteiger partial charge in [-0.05, 0) is 31.2 Å². The molecule has 108 valence electrons. The highest BCUT2D eigenvalue weighted by molar-refractivity contribution is 5.81. The van der Waals surface area contributed by atoms with Gasteiger partial charge in [-0.25, -0.2) is 0 Å². The van der Waals surface area contributed by atoms with Crippen molar-refractivity contribution in [1.82, 2.24) is 5.32 Å². The van der Waals surface area contributed by atoms with E-state index >= 15 is 0 Å². The van der Waals surface area contributed by atoms with Crippen LogP contribution in [0, 0.1) is 5.92 Å². The molecule has 2 saturated heterocycles. The van der Waals surface area contributed by atoms with E-state index in [2.05, 4.69) is 29.6 Å². The molecule has 2 atom stereocenters. The molecule has 1 N–H and O–H groups in total. The second kappa shape index (κ2) is 6.51. The molecule has 0 saturated carbocycles. The fraction of sp³-hybridized carbons (Fsp3) is 0.588. The lowest BCUT2D eigenvalue weighted by Gasteiger charge is -2.39. The van der Waals surface area contributed by atoms with Gasteiger partial charge in [-0.2, -0.15) is 0 Å². The zero-order valence-electron chi connectivity index (χ0n) is 11.9. The highest BCUT2D eigenvalue weighted by Crippen LogP contribution is 2.26. The number of hydrogen-bond donors (Lipinski definition) is 1. The van der Waals surface area contributed by atoms with Crippen LogP contribution < -0.4 is 5.32 Å². The number of morpholine rings is 1. The van der Waals surface area contributed by atoms with Gasteiger partial charge >= 0.3 is 0 Å². The summed E-state index contributed by atoms with van der Waals surface area (Å²) < 4.78 is 5.53. The molecule has 0 radical (unpaired) electrons. The molecule has 3 heteroatoms. The van der Waals surface area contributed by atoms with E-state index < -0.39 is 0 Å². The van der Waals surface area contributed by atoms with Crippen molar-refractivity contribution in [3.05, 3.63) is 35.9 Å². The Balaban J connectivity index is 1.45. The number of carbonyl (C=O) groups excluding carboxylic acids is 1. The predicted octanol–water partition coefficient (Wildman–Crippen LogP) is 2.35. The quantitative estimate of drug-likeness (QED) is 0.895. The lowest BCUT2D eigenvalue weighted by Crippen LogP contribution is -2.55. The lowest BCUT2D eigenvalue weighted by atomic mass is 9.82. The predicted molar refractivity (Wildman–Crippen MR) is 78.6 cm³/mol. The maximum absolute atomic E-state index is 12.4. The number of fused-ring (bicyclic) bond motifs is 2. The minimum Gasteiger partial charge on any atom is -0.378 e. The molecule has 0 aliphatic carbocycles. The number of benzene rings is 1. The zero-order chi connectivity index (χ0) is 13.8. The first kappa shape index (κ1) is 13.8. The molecule has 2 unspecified atom stereocenters. The summed E-state index contributed by atoms with van der Waals surface area (Å²) in [6.07, 6.45) is 4.62. The average molecular weight is 273 g/mol. The summed E-state index contributed by atoms with van der Waals surface area (Å²) in [6, 6.07) is 11.2. The summed E-state index contributed by atoms with van der Waals surface area (Å²) >= 11 is 0. The number of carbonyl (C=O) groups is 1. The van der Waals surface area contributed by atoms with Crippen molar-refractivity contribution < 1.29 is 9.53 Å². The van der Waals surface area contributed by atoms with Crippen molar-refractivity contribution in [2.75, 3.05) is 13.2 Å². The molecule has 2 aliphatic rings. The number of Topliss-reactive ketones (excluding diaryl/α,β-unsaturated/α-hetero) is 1. The minimum absolute atomic E-state index is 0.255. The Morgan fingerprint density at radius 3 is 2.55 bits per heavy atom. The van der Waals surface area contributed by atoms with E-state index in [-0.39, 0.29) is 5.92 Å². The molecule has 3 nitrogen and oxygen atoms in total. The summed E-state index contributed by atoms with van der Waals surface area (Å²) in [6.45, 7) is 1.54. The molecule has 2 aliphatic heterocycles. The molecular formula is C17H23NO2. The largest absolute Gasteiger partial charge is 0.378 e. The van der Waals surface area contributed by atoms with Gasteiger partial charge in [-0.15, -0.1) is 0 Å². The number of hydrogen-bond acceptors (Lipinski definition) is 3. The average Bonchev–Trinajstić information content (AvgIpc) is 2.48. The standard InChI is InChI=1S/C17H23NO2/c19-17(8-4-7-13-5-2-1-3-6-13)14-9-15-11-20-12-16(10-14)18-15/h1-3,5-6,14-16,18H,4,7-12H2. The van der Waals surface area contributed by atoms with Crippen LogP contribution >= 0.6 is 0 Å². The van der Waals surface area contributed by atoms with E-state index in [0.29, 0.717) is 17.9 Å². The van der Waals surface area contributed by atoms with Gasteiger partial charge in [0.25, 0.3) is 0 Å². The second-order valence-electron chi connectivity index (χ2n) is 6.07. The third-order valence-corrected chi connectivity index (χ3v) is 4.43. The van der Waals surface area contributed by atoms with Gasteiger partial charge in [0.2, 0.25) is 0 Å². The van der Waals surface area contributed by atoms with Gasteiger partial charge in [0.05, 0.1) is 13.2 Å². The van der Waals surface area contributed by atoms with Crippen LogP contribution in [-0.2, 0) is 16.0 Å². The van der Waals surface area contributed by atoms with Crippen molar-refractivity contribution in [1.29, 1.82) is 0 Å². The number of ketones is 1. The van der Waals surface area contributed by atoms with Crippen LogP contribution in [0.3, 0.4) is 0 Å². The van der Waals surface area contributed by atoms with Gasteiger partial charge in [0.1, 0.15) is 5.78 Å². The summed E-state index contributed by atoms with van der Waals surface area (Å²) in [5.41, 5.74) is 1.33. The Hall–Kier alpha value is -1.19. The van der Waals surface area contributed by atoms with Crippen molar-refractivity contribution >= 4 is 5.78 Å². The van der Waals surface area contributed by atoms with Crippen molar-refractivity contribution in [3.63, 3.8) is 0 Å². The van der Waals surface area contributed by atoms with Gasteiger partial charge in [0.15, 0.2) is 0 Å². The first-order valence-corrected chi connectivity index (χ1v) is 7.71. The van der Waals surface area contributed by atoms with E-state index in [0.717, 1.165) is 45.3 Å². The molecule has 20 heavy (non-hydrogen) atoms. The summed E-state index contributed by atoms with van der Waals surface area (Å²) in [5.74, 6) is 0.713. The number of nitrogens with one attached hydrogen (secondary N) is 1. The van der Waals surface area contributed by atoms with E-state index in [4.69, 9.17) is 4.74 Å². The first-order chi connectivity index (χ1) is 9.81. The fourth-order valence-corrected chi connectivity index (χ4v) is 3.42. The van der Waals surface area contributed by atoms with Crippen LogP contribution in [0.25, 0.3) is 0 Å². The zero-order valence-corrected chi connectivity index (χ0v) is 11.9. The summed E-state index contributed by atoms with van der Waals surface area (Å²) in [4.78, 5) is 12.4. The van der Waals surface area contributed by atoms with Crippen molar-refractivity contribution in [2.24, 2.45) is 5.92 Å². The van der Waals surface area contributed by atoms with Crippen LogP contribution in [0.15, 0.2) is 30.3 Å². The lowest BCUT2D eigenvalue weighted by molar-refractivity contribution is -0.126. The van der Waals surface area contributed by atoms with E-state index in [1.54, 1.807) is 0 Å². The number of piperidine rings is 1. The van der Waals surface area contributed by atoms with Crippen molar-refractivity contribution in [2.45, 2.75) is 44.2 Å². The first-order valence-electron chi connectivity index (χ1n) is 7.71. The molecular weight excluding hydrogens is 250 g/mol. The topological polar surface area (TPSA) is 38.3 Å². The van der Waals surface area contributed by atoms with Gasteiger partial charge < -0.3 is 10.1 Å². The molecule has 1 aromatic carbocycles. The van der Waals surface area contributed by atoms with E-state index in [1.165, 1.54) is 5.56 Å². The Labute approximate surface area is 120 Å². The maximum Gasteiger partial charge on any atom is 0.136 e. The molecule has 3 rings (SSSR count). The normalized spacial score (nSPS) is 29.1.